The highest BCUT2D eigenvalue weighted by molar-refractivity contribution is 7.89. The lowest BCUT2D eigenvalue weighted by Gasteiger charge is -2.39. The summed E-state index contributed by atoms with van der Waals surface area (Å²) in [5.74, 6) is 0.108. The first-order valence-corrected chi connectivity index (χ1v) is 9.79. The molecule has 134 valence electrons. The van der Waals surface area contributed by atoms with Gasteiger partial charge in [-0.15, -0.1) is 0 Å². The van der Waals surface area contributed by atoms with Crippen LogP contribution in [0.1, 0.15) is 24.8 Å². The molecule has 1 aliphatic carbocycles. The number of aliphatic hydroxyl groups excluding tert-OH is 1. The van der Waals surface area contributed by atoms with E-state index < -0.39 is 22.2 Å². The number of hydrogen-bond donors (Lipinski definition) is 1. The molecule has 0 unspecified atom stereocenters. The van der Waals surface area contributed by atoms with Crippen LogP contribution in [0, 0.1) is 12.8 Å². The molecule has 7 heteroatoms. The summed E-state index contributed by atoms with van der Waals surface area (Å²) in [6.07, 6.45) is 0.906. The molecule has 2 aliphatic rings. The molecule has 6 nitrogen and oxygen atoms in total. The van der Waals surface area contributed by atoms with E-state index in [0.717, 1.165) is 12.0 Å². The molecule has 3 atom stereocenters. The Hall–Kier alpha value is -0.990. The zero-order valence-corrected chi connectivity index (χ0v) is 14.9. The third-order valence-corrected chi connectivity index (χ3v) is 6.92. The maximum Gasteiger partial charge on any atom is 0.243 e. The number of likely N-dealkylation sites (N-methyl/N-ethyl adjacent to an activating group) is 1. The number of rotatable bonds is 4. The summed E-state index contributed by atoms with van der Waals surface area (Å²) >= 11 is 0. The van der Waals surface area contributed by atoms with Crippen LogP contribution in [-0.4, -0.2) is 56.5 Å². The third-order valence-electron chi connectivity index (χ3n) is 5.02. The van der Waals surface area contributed by atoms with Crippen molar-refractivity contribution in [1.29, 1.82) is 0 Å². The molecule has 0 bridgehead atoms. The molecule has 3 rings (SSSR count). The number of aryl methyl sites for hydroxylation is 1. The van der Waals surface area contributed by atoms with E-state index >= 15 is 0 Å². The Morgan fingerprint density at radius 1 is 1.12 bits per heavy atom. The summed E-state index contributed by atoms with van der Waals surface area (Å²) < 4.78 is 38.2. The van der Waals surface area contributed by atoms with Gasteiger partial charge in [0.05, 0.1) is 30.3 Å². The number of ether oxygens (including phenoxy) is 2. The van der Waals surface area contributed by atoms with Gasteiger partial charge in [0.25, 0.3) is 0 Å². The Bertz CT molecular complexity index is 654. The Balaban J connectivity index is 1.78. The first-order valence-electron chi connectivity index (χ1n) is 8.35. The summed E-state index contributed by atoms with van der Waals surface area (Å²) in [7, 11) is -2.10. The van der Waals surface area contributed by atoms with Gasteiger partial charge in [-0.05, 0) is 38.3 Å². The van der Waals surface area contributed by atoms with Gasteiger partial charge in [-0.25, -0.2) is 8.42 Å². The highest BCUT2D eigenvalue weighted by Gasteiger charge is 2.41. The van der Waals surface area contributed by atoms with Gasteiger partial charge in [-0.1, -0.05) is 17.7 Å². The smallest absolute Gasteiger partial charge is 0.243 e. The highest BCUT2D eigenvalue weighted by atomic mass is 32.2. The minimum atomic E-state index is -3.64. The van der Waals surface area contributed by atoms with E-state index in [1.807, 2.05) is 6.92 Å². The third kappa shape index (κ3) is 3.50. The van der Waals surface area contributed by atoms with Crippen LogP contribution < -0.4 is 0 Å². The quantitative estimate of drug-likeness (QED) is 0.886. The number of benzene rings is 1. The zero-order valence-electron chi connectivity index (χ0n) is 14.1. The molecule has 0 amide bonds. The van der Waals surface area contributed by atoms with Gasteiger partial charge in [-0.2, -0.15) is 4.31 Å². The van der Waals surface area contributed by atoms with Gasteiger partial charge >= 0.3 is 0 Å². The molecule has 2 fully saturated rings. The fourth-order valence-electron chi connectivity index (χ4n) is 3.50. The molecule has 0 spiro atoms. The Labute approximate surface area is 143 Å². The molecule has 1 aromatic carbocycles. The van der Waals surface area contributed by atoms with E-state index in [0.29, 0.717) is 26.1 Å². The lowest BCUT2D eigenvalue weighted by molar-refractivity contribution is -0.108. The molecule has 1 saturated carbocycles. The van der Waals surface area contributed by atoms with Gasteiger partial charge in [-0.3, -0.25) is 0 Å². The SMILES string of the molecule is Cc1ccc(S(=O)(=O)N(C)[C@@H]2C[C@H](C3OCCO3)CC[C@@H]2O)cc1. The number of hydrogen-bond acceptors (Lipinski definition) is 5. The van der Waals surface area contributed by atoms with E-state index in [1.54, 1.807) is 31.3 Å². The van der Waals surface area contributed by atoms with Crippen LogP contribution in [0.5, 0.6) is 0 Å². The molecule has 0 aromatic heterocycles. The molecular weight excluding hydrogens is 330 g/mol. The summed E-state index contributed by atoms with van der Waals surface area (Å²) in [5, 5.41) is 10.4. The van der Waals surface area contributed by atoms with E-state index in [2.05, 4.69) is 0 Å². The van der Waals surface area contributed by atoms with Gasteiger partial charge in [0.1, 0.15) is 0 Å². The average molecular weight is 355 g/mol. The monoisotopic (exact) mass is 355 g/mol. The number of sulfonamides is 1. The van der Waals surface area contributed by atoms with Gasteiger partial charge in [0.15, 0.2) is 6.29 Å². The topological polar surface area (TPSA) is 76.1 Å². The van der Waals surface area contributed by atoms with E-state index in [9.17, 15) is 13.5 Å². The normalized spacial score (nSPS) is 29.2. The van der Waals surface area contributed by atoms with Crippen molar-refractivity contribution in [3.63, 3.8) is 0 Å². The van der Waals surface area contributed by atoms with Crippen LogP contribution >= 0.6 is 0 Å². The molecular formula is C17H25NO5S. The zero-order chi connectivity index (χ0) is 17.3. The van der Waals surface area contributed by atoms with Crippen molar-refractivity contribution in [3.05, 3.63) is 29.8 Å². The van der Waals surface area contributed by atoms with Gasteiger partial charge < -0.3 is 14.6 Å². The maximum atomic E-state index is 12.9. The summed E-state index contributed by atoms with van der Waals surface area (Å²) in [6, 6.07) is 6.30. The van der Waals surface area contributed by atoms with Crippen LogP contribution in [0.2, 0.25) is 0 Å². The largest absolute Gasteiger partial charge is 0.391 e. The molecule has 0 radical (unpaired) electrons. The van der Waals surface area contributed by atoms with Crippen molar-refractivity contribution >= 4 is 10.0 Å². The second-order valence-corrected chi connectivity index (χ2v) is 8.65. The molecule has 1 aromatic rings. The number of aliphatic hydroxyl groups is 1. The van der Waals surface area contributed by atoms with Crippen molar-refractivity contribution < 1.29 is 23.0 Å². The predicted octanol–water partition coefficient (Wildman–Crippen LogP) is 1.52. The minimum Gasteiger partial charge on any atom is -0.391 e. The molecule has 1 saturated heterocycles. The summed E-state index contributed by atoms with van der Waals surface area (Å²) in [6.45, 7) is 3.06. The lowest BCUT2D eigenvalue weighted by atomic mass is 9.83. The molecule has 1 heterocycles. The fourth-order valence-corrected chi connectivity index (χ4v) is 4.90. The first-order chi connectivity index (χ1) is 11.4. The summed E-state index contributed by atoms with van der Waals surface area (Å²) in [5.41, 5.74) is 1.00. The summed E-state index contributed by atoms with van der Waals surface area (Å²) in [4.78, 5) is 0.248. The second kappa shape index (κ2) is 7.09. The van der Waals surface area contributed by atoms with Crippen LogP contribution in [0.15, 0.2) is 29.2 Å². The molecule has 1 N–H and O–H groups in total. The first kappa shape index (κ1) is 17.8. The highest BCUT2D eigenvalue weighted by Crippen LogP contribution is 2.34. The van der Waals surface area contributed by atoms with Crippen LogP contribution in [0.3, 0.4) is 0 Å². The van der Waals surface area contributed by atoms with Gasteiger partial charge in [0, 0.05) is 13.0 Å². The van der Waals surface area contributed by atoms with Crippen molar-refractivity contribution in [2.45, 2.75) is 49.5 Å². The van der Waals surface area contributed by atoms with Crippen molar-refractivity contribution in [1.82, 2.24) is 4.31 Å². The van der Waals surface area contributed by atoms with Crippen LogP contribution in [0.4, 0.5) is 0 Å². The molecule has 24 heavy (non-hydrogen) atoms. The van der Waals surface area contributed by atoms with E-state index in [1.165, 1.54) is 4.31 Å². The average Bonchev–Trinajstić information content (AvgIpc) is 3.09. The Kier molecular flexibility index (Phi) is 5.27. The van der Waals surface area contributed by atoms with Crippen LogP contribution in [-0.2, 0) is 19.5 Å². The predicted molar refractivity (Wildman–Crippen MR) is 89.0 cm³/mol. The second-order valence-electron chi connectivity index (χ2n) is 6.65. The standard InChI is InChI=1S/C17H25NO5S/c1-12-3-6-14(7-4-12)24(20,21)18(2)15-11-13(5-8-16(15)19)17-22-9-10-23-17/h3-4,6-7,13,15-17,19H,5,8-11H2,1-2H3/t13-,15-,16+/m1/s1. The minimum absolute atomic E-state index is 0.108. The van der Waals surface area contributed by atoms with Crippen molar-refractivity contribution in [2.75, 3.05) is 20.3 Å². The Morgan fingerprint density at radius 3 is 2.38 bits per heavy atom. The number of nitrogens with zero attached hydrogens (tertiary/aromatic N) is 1. The van der Waals surface area contributed by atoms with Gasteiger partial charge in [0.2, 0.25) is 10.0 Å². The lowest BCUT2D eigenvalue weighted by Crippen LogP contribution is -2.49. The fraction of sp³-hybridized carbons (Fsp3) is 0.647. The van der Waals surface area contributed by atoms with E-state index in [-0.39, 0.29) is 17.1 Å². The van der Waals surface area contributed by atoms with Crippen LogP contribution in [0.25, 0.3) is 0 Å². The maximum absolute atomic E-state index is 12.9. The Morgan fingerprint density at radius 2 is 1.75 bits per heavy atom. The van der Waals surface area contributed by atoms with Crippen molar-refractivity contribution in [2.24, 2.45) is 5.92 Å². The molecule has 1 aliphatic heterocycles. The van der Waals surface area contributed by atoms with E-state index in [4.69, 9.17) is 9.47 Å². The van der Waals surface area contributed by atoms with Crippen molar-refractivity contribution in [3.8, 4) is 0 Å².